The van der Waals surface area contributed by atoms with Crippen molar-refractivity contribution in [2.24, 2.45) is 0 Å². The van der Waals surface area contributed by atoms with Crippen LogP contribution in [0.1, 0.15) is 37.7 Å². The summed E-state index contributed by atoms with van der Waals surface area (Å²) < 4.78 is 5.34. The summed E-state index contributed by atoms with van der Waals surface area (Å²) >= 11 is 0. The van der Waals surface area contributed by atoms with E-state index < -0.39 is 0 Å². The molecule has 2 aromatic rings. The lowest BCUT2D eigenvalue weighted by Gasteiger charge is -2.22. The van der Waals surface area contributed by atoms with E-state index in [-0.39, 0.29) is 5.54 Å². The molecule has 0 saturated carbocycles. The topological polar surface area (TPSA) is 41.3 Å². The lowest BCUT2D eigenvalue weighted by Crippen LogP contribution is -2.35. The van der Waals surface area contributed by atoms with Crippen molar-refractivity contribution in [2.45, 2.75) is 46.3 Å². The molecule has 0 fully saturated rings. The van der Waals surface area contributed by atoms with Crippen molar-refractivity contribution in [1.29, 1.82) is 0 Å². The van der Waals surface area contributed by atoms with Crippen LogP contribution >= 0.6 is 0 Å². The highest BCUT2D eigenvalue weighted by atomic mass is 16.3. The van der Waals surface area contributed by atoms with Crippen LogP contribution in [0.25, 0.3) is 0 Å². The molecule has 0 amide bonds. The van der Waals surface area contributed by atoms with Gasteiger partial charge < -0.3 is 14.6 Å². The summed E-state index contributed by atoms with van der Waals surface area (Å²) in [6.45, 7) is 10.1. The van der Waals surface area contributed by atoms with Crippen molar-refractivity contribution in [1.82, 2.24) is 10.3 Å². The Kier molecular flexibility index (Phi) is 4.68. The highest BCUT2D eigenvalue weighted by Crippen LogP contribution is 2.17. The van der Waals surface area contributed by atoms with Crippen LogP contribution in [-0.4, -0.2) is 17.6 Å². The number of rotatable bonds is 5. The van der Waals surface area contributed by atoms with Gasteiger partial charge in [-0.25, -0.2) is 4.98 Å². The summed E-state index contributed by atoms with van der Waals surface area (Å²) in [6, 6.07) is 6.20. The van der Waals surface area contributed by atoms with Crippen LogP contribution in [0.15, 0.2) is 35.1 Å². The zero-order chi connectivity index (χ0) is 15.5. The van der Waals surface area contributed by atoms with E-state index >= 15 is 0 Å². The fraction of sp³-hybridized carbons (Fsp3) is 0.471. The molecule has 0 spiro atoms. The minimum absolute atomic E-state index is 0.114. The Labute approximate surface area is 127 Å². The van der Waals surface area contributed by atoms with Gasteiger partial charge in [0.1, 0.15) is 11.6 Å². The van der Waals surface area contributed by atoms with E-state index in [1.165, 1.54) is 11.1 Å². The molecule has 0 aliphatic rings. The third kappa shape index (κ3) is 4.60. The molecule has 0 bridgehead atoms. The van der Waals surface area contributed by atoms with Crippen LogP contribution in [0.3, 0.4) is 0 Å². The molecule has 21 heavy (non-hydrogen) atoms. The highest BCUT2D eigenvalue weighted by Gasteiger charge is 2.10. The lowest BCUT2D eigenvalue weighted by atomic mass is 10.1. The predicted octanol–water partition coefficient (Wildman–Crippen LogP) is 3.51. The third-order valence-electron chi connectivity index (χ3n) is 3.40. The van der Waals surface area contributed by atoms with E-state index in [0.717, 1.165) is 24.7 Å². The van der Waals surface area contributed by atoms with Crippen molar-refractivity contribution in [3.63, 3.8) is 0 Å². The Morgan fingerprint density at radius 1 is 1.29 bits per heavy atom. The normalized spacial score (nSPS) is 11.7. The molecule has 0 aliphatic heterocycles. The maximum atomic E-state index is 5.34. The fourth-order valence-corrected chi connectivity index (χ4v) is 2.06. The summed E-state index contributed by atoms with van der Waals surface area (Å²) in [7, 11) is 2.05. The molecule has 0 atom stereocenters. The van der Waals surface area contributed by atoms with Gasteiger partial charge in [-0.3, -0.25) is 0 Å². The largest absolute Gasteiger partial charge is 0.469 e. The number of pyridine rings is 1. The number of hydrogen-bond donors (Lipinski definition) is 1. The first-order chi connectivity index (χ1) is 9.85. The minimum atomic E-state index is 0.114. The van der Waals surface area contributed by atoms with Crippen molar-refractivity contribution >= 4 is 5.82 Å². The van der Waals surface area contributed by atoms with Gasteiger partial charge in [0.2, 0.25) is 0 Å². The van der Waals surface area contributed by atoms with Gasteiger partial charge in [-0.1, -0.05) is 0 Å². The van der Waals surface area contributed by atoms with E-state index in [1.54, 1.807) is 6.26 Å². The molecule has 0 aromatic carbocycles. The molecule has 0 radical (unpaired) electrons. The van der Waals surface area contributed by atoms with E-state index in [0.29, 0.717) is 0 Å². The summed E-state index contributed by atoms with van der Waals surface area (Å²) in [4.78, 5) is 6.60. The van der Waals surface area contributed by atoms with Crippen molar-refractivity contribution in [3.8, 4) is 0 Å². The van der Waals surface area contributed by atoms with E-state index in [1.807, 2.05) is 19.2 Å². The van der Waals surface area contributed by atoms with Crippen molar-refractivity contribution < 1.29 is 4.42 Å². The SMILES string of the molecule is Cc1occc1CN(C)c1cc(CNC(C)(C)C)ccn1. The van der Waals surface area contributed by atoms with Gasteiger partial charge >= 0.3 is 0 Å². The van der Waals surface area contributed by atoms with E-state index in [4.69, 9.17) is 4.42 Å². The molecular formula is C17H25N3O. The zero-order valence-electron chi connectivity index (χ0n) is 13.6. The van der Waals surface area contributed by atoms with Crippen molar-refractivity contribution in [3.05, 3.63) is 47.5 Å². The molecule has 2 aromatic heterocycles. The lowest BCUT2D eigenvalue weighted by molar-refractivity contribution is 0.424. The van der Waals surface area contributed by atoms with Gasteiger partial charge in [-0.05, 0) is 51.5 Å². The first-order valence-electron chi connectivity index (χ1n) is 7.29. The fourth-order valence-electron chi connectivity index (χ4n) is 2.06. The van der Waals surface area contributed by atoms with Crippen LogP contribution in [0.4, 0.5) is 5.82 Å². The quantitative estimate of drug-likeness (QED) is 0.913. The highest BCUT2D eigenvalue weighted by molar-refractivity contribution is 5.41. The van der Waals surface area contributed by atoms with Gasteiger partial charge in [-0.2, -0.15) is 0 Å². The average molecular weight is 287 g/mol. The summed E-state index contributed by atoms with van der Waals surface area (Å²) in [5.74, 6) is 1.94. The third-order valence-corrected chi connectivity index (χ3v) is 3.40. The summed E-state index contributed by atoms with van der Waals surface area (Å²) in [6.07, 6.45) is 3.60. The first kappa shape index (κ1) is 15.6. The number of aryl methyl sites for hydroxylation is 1. The molecular weight excluding hydrogens is 262 g/mol. The van der Waals surface area contributed by atoms with Gasteiger partial charge in [0.05, 0.1) is 6.26 Å². The Balaban J connectivity index is 2.04. The summed E-state index contributed by atoms with van der Waals surface area (Å²) in [5.41, 5.74) is 2.55. The Hall–Kier alpha value is -1.81. The molecule has 0 saturated heterocycles. The molecule has 1 N–H and O–H groups in total. The maximum Gasteiger partial charge on any atom is 0.128 e. The first-order valence-corrected chi connectivity index (χ1v) is 7.29. The number of nitrogens with zero attached hydrogens (tertiary/aromatic N) is 2. The molecule has 114 valence electrons. The van der Waals surface area contributed by atoms with Crippen LogP contribution < -0.4 is 10.2 Å². The van der Waals surface area contributed by atoms with Crippen molar-refractivity contribution in [2.75, 3.05) is 11.9 Å². The van der Waals surface area contributed by atoms with Crippen LogP contribution in [-0.2, 0) is 13.1 Å². The monoisotopic (exact) mass is 287 g/mol. The summed E-state index contributed by atoms with van der Waals surface area (Å²) in [5, 5.41) is 3.50. The average Bonchev–Trinajstić information content (AvgIpc) is 2.81. The van der Waals surface area contributed by atoms with Gasteiger partial charge in [0.15, 0.2) is 0 Å². The molecule has 0 unspecified atom stereocenters. The van der Waals surface area contributed by atoms with Crippen LogP contribution in [0, 0.1) is 6.92 Å². The number of aromatic nitrogens is 1. The molecule has 4 nitrogen and oxygen atoms in total. The number of anilines is 1. The van der Waals surface area contributed by atoms with E-state index in [9.17, 15) is 0 Å². The predicted molar refractivity (Wildman–Crippen MR) is 86.4 cm³/mol. The second kappa shape index (κ2) is 6.31. The second-order valence-corrected chi connectivity index (χ2v) is 6.48. The molecule has 0 aliphatic carbocycles. The number of nitrogens with one attached hydrogen (secondary N) is 1. The van der Waals surface area contributed by atoms with Crippen LogP contribution in [0.2, 0.25) is 0 Å². The van der Waals surface area contributed by atoms with E-state index in [2.05, 4.69) is 55.2 Å². The molecule has 2 rings (SSSR count). The number of hydrogen-bond acceptors (Lipinski definition) is 4. The smallest absolute Gasteiger partial charge is 0.128 e. The zero-order valence-corrected chi connectivity index (χ0v) is 13.6. The molecule has 4 heteroatoms. The number of furan rings is 1. The van der Waals surface area contributed by atoms with Gasteiger partial charge in [0, 0.05) is 37.4 Å². The van der Waals surface area contributed by atoms with Gasteiger partial charge in [-0.15, -0.1) is 0 Å². The Morgan fingerprint density at radius 2 is 2.05 bits per heavy atom. The van der Waals surface area contributed by atoms with Crippen LogP contribution in [0.5, 0.6) is 0 Å². The molecule has 2 heterocycles. The Morgan fingerprint density at radius 3 is 2.67 bits per heavy atom. The maximum absolute atomic E-state index is 5.34. The standard InChI is InChI=1S/C17H25N3O/c1-13-15(7-9-21-13)12-20(5)16-10-14(6-8-18-16)11-19-17(2,3)4/h6-10,19H,11-12H2,1-5H3. The Bertz CT molecular complexity index is 584. The minimum Gasteiger partial charge on any atom is -0.469 e. The second-order valence-electron chi connectivity index (χ2n) is 6.48. The van der Waals surface area contributed by atoms with Gasteiger partial charge in [0.25, 0.3) is 0 Å².